The van der Waals surface area contributed by atoms with Crippen LogP contribution in [0.3, 0.4) is 0 Å². The number of amides is 1. The molecule has 0 spiro atoms. The van der Waals surface area contributed by atoms with Gasteiger partial charge in [0.15, 0.2) is 0 Å². The molecule has 6 heteroatoms. The molecular formula is C12H18N2O4. The van der Waals surface area contributed by atoms with Gasteiger partial charge in [0.2, 0.25) is 5.91 Å². The van der Waals surface area contributed by atoms with Crippen LogP contribution in [-0.2, 0) is 4.79 Å². The summed E-state index contributed by atoms with van der Waals surface area (Å²) in [6.07, 6.45) is 0.917. The normalized spacial score (nSPS) is 9.72. The molecule has 0 aromatic heterocycles. The van der Waals surface area contributed by atoms with E-state index in [-0.39, 0.29) is 5.91 Å². The van der Waals surface area contributed by atoms with E-state index in [1.807, 2.05) is 0 Å². The van der Waals surface area contributed by atoms with Crippen LogP contribution >= 0.6 is 0 Å². The second-order valence-electron chi connectivity index (χ2n) is 3.57. The van der Waals surface area contributed by atoms with Gasteiger partial charge < -0.3 is 14.2 Å². The number of nitrogens with two attached hydrogens (primary N) is 1. The Morgan fingerprint density at radius 3 is 2.22 bits per heavy atom. The summed E-state index contributed by atoms with van der Waals surface area (Å²) in [5.74, 6) is 6.71. The highest BCUT2D eigenvalue weighted by Crippen LogP contribution is 2.27. The lowest BCUT2D eigenvalue weighted by Gasteiger charge is -2.10. The first-order valence-corrected chi connectivity index (χ1v) is 5.55. The minimum atomic E-state index is -0.207. The summed E-state index contributed by atoms with van der Waals surface area (Å²) in [5.41, 5.74) is 2.07. The summed E-state index contributed by atoms with van der Waals surface area (Å²) in [7, 11) is 3.15. The smallest absolute Gasteiger partial charge is 0.234 e. The SMILES string of the molecule is COc1cc(OC)cc(OCCCC(=O)NN)c1. The van der Waals surface area contributed by atoms with Crippen LogP contribution in [0.15, 0.2) is 18.2 Å². The molecule has 6 nitrogen and oxygen atoms in total. The number of nitrogens with one attached hydrogen (secondary N) is 1. The van der Waals surface area contributed by atoms with Gasteiger partial charge in [0.1, 0.15) is 17.2 Å². The van der Waals surface area contributed by atoms with Crippen LogP contribution in [0.1, 0.15) is 12.8 Å². The molecule has 0 saturated carbocycles. The standard InChI is InChI=1S/C12H18N2O4/c1-16-9-6-10(17-2)8-11(7-9)18-5-3-4-12(15)14-13/h6-8H,3-5,13H2,1-2H3,(H,14,15). The number of hydrazine groups is 1. The molecule has 1 aromatic carbocycles. The van der Waals surface area contributed by atoms with Crippen molar-refractivity contribution in [1.29, 1.82) is 0 Å². The third kappa shape index (κ3) is 4.50. The van der Waals surface area contributed by atoms with Crippen molar-refractivity contribution in [3.05, 3.63) is 18.2 Å². The van der Waals surface area contributed by atoms with E-state index in [9.17, 15) is 4.79 Å². The van der Waals surface area contributed by atoms with Crippen molar-refractivity contribution >= 4 is 5.91 Å². The van der Waals surface area contributed by atoms with Gasteiger partial charge in [0.05, 0.1) is 20.8 Å². The van der Waals surface area contributed by atoms with Gasteiger partial charge in [0.25, 0.3) is 0 Å². The third-order valence-corrected chi connectivity index (χ3v) is 2.30. The number of benzene rings is 1. The zero-order chi connectivity index (χ0) is 13.4. The van der Waals surface area contributed by atoms with Gasteiger partial charge in [-0.1, -0.05) is 0 Å². The maximum Gasteiger partial charge on any atom is 0.234 e. The zero-order valence-electron chi connectivity index (χ0n) is 10.6. The van der Waals surface area contributed by atoms with Gasteiger partial charge in [-0.25, -0.2) is 5.84 Å². The second kappa shape index (κ2) is 7.39. The number of methoxy groups -OCH3 is 2. The van der Waals surface area contributed by atoms with E-state index in [0.717, 1.165) is 0 Å². The Kier molecular flexibility index (Phi) is 5.79. The molecule has 1 rings (SSSR count). The van der Waals surface area contributed by atoms with Gasteiger partial charge in [-0.05, 0) is 6.42 Å². The van der Waals surface area contributed by atoms with Crippen molar-refractivity contribution in [2.45, 2.75) is 12.8 Å². The molecule has 0 fully saturated rings. The van der Waals surface area contributed by atoms with E-state index in [1.54, 1.807) is 32.4 Å². The van der Waals surface area contributed by atoms with Crippen LogP contribution in [0.2, 0.25) is 0 Å². The van der Waals surface area contributed by atoms with Gasteiger partial charge in [-0.2, -0.15) is 0 Å². The van der Waals surface area contributed by atoms with Crippen molar-refractivity contribution in [3.8, 4) is 17.2 Å². The largest absolute Gasteiger partial charge is 0.496 e. The molecule has 0 atom stereocenters. The topological polar surface area (TPSA) is 82.8 Å². The number of carbonyl (C=O) groups is 1. The van der Waals surface area contributed by atoms with Crippen molar-refractivity contribution in [1.82, 2.24) is 5.43 Å². The quantitative estimate of drug-likeness (QED) is 0.326. The monoisotopic (exact) mass is 254 g/mol. The summed E-state index contributed by atoms with van der Waals surface area (Å²) in [6.45, 7) is 0.420. The Bertz CT molecular complexity index is 373. The number of hydrogen-bond acceptors (Lipinski definition) is 5. The van der Waals surface area contributed by atoms with Crippen molar-refractivity contribution in [3.63, 3.8) is 0 Å². The van der Waals surface area contributed by atoms with Crippen LogP contribution in [0.5, 0.6) is 17.2 Å². The Morgan fingerprint density at radius 1 is 1.17 bits per heavy atom. The van der Waals surface area contributed by atoms with Crippen LogP contribution in [0, 0.1) is 0 Å². The number of hydrogen-bond donors (Lipinski definition) is 2. The molecular weight excluding hydrogens is 236 g/mol. The van der Waals surface area contributed by atoms with E-state index >= 15 is 0 Å². The maximum absolute atomic E-state index is 10.9. The fourth-order valence-corrected chi connectivity index (χ4v) is 1.36. The molecule has 0 aliphatic heterocycles. The Morgan fingerprint density at radius 2 is 1.72 bits per heavy atom. The van der Waals surface area contributed by atoms with E-state index in [2.05, 4.69) is 5.43 Å². The van der Waals surface area contributed by atoms with Gasteiger partial charge in [-0.15, -0.1) is 0 Å². The molecule has 1 aromatic rings. The maximum atomic E-state index is 10.9. The molecule has 0 aliphatic carbocycles. The predicted octanol–water partition coefficient (Wildman–Crippen LogP) is 0.853. The average Bonchev–Trinajstić information content (AvgIpc) is 2.42. The summed E-state index contributed by atoms with van der Waals surface area (Å²) in [5, 5.41) is 0. The van der Waals surface area contributed by atoms with E-state index in [1.165, 1.54) is 0 Å². The van der Waals surface area contributed by atoms with E-state index < -0.39 is 0 Å². The van der Waals surface area contributed by atoms with Gasteiger partial charge >= 0.3 is 0 Å². The lowest BCUT2D eigenvalue weighted by Crippen LogP contribution is -2.29. The molecule has 0 radical (unpaired) electrons. The number of carbonyl (C=O) groups excluding carboxylic acids is 1. The minimum absolute atomic E-state index is 0.207. The summed E-state index contributed by atoms with van der Waals surface area (Å²) >= 11 is 0. The van der Waals surface area contributed by atoms with Crippen LogP contribution in [0.4, 0.5) is 0 Å². The highest BCUT2D eigenvalue weighted by atomic mass is 16.5. The summed E-state index contributed by atoms with van der Waals surface area (Å²) in [4.78, 5) is 10.9. The first-order valence-electron chi connectivity index (χ1n) is 5.55. The molecule has 0 unspecified atom stereocenters. The number of ether oxygens (including phenoxy) is 3. The zero-order valence-corrected chi connectivity index (χ0v) is 10.6. The van der Waals surface area contributed by atoms with Crippen molar-refractivity contribution in [2.24, 2.45) is 5.84 Å². The molecule has 100 valence electrons. The van der Waals surface area contributed by atoms with Crippen LogP contribution in [0.25, 0.3) is 0 Å². The second-order valence-corrected chi connectivity index (χ2v) is 3.57. The summed E-state index contributed by atoms with van der Waals surface area (Å²) in [6, 6.07) is 5.27. The average molecular weight is 254 g/mol. The Hall–Kier alpha value is -1.95. The third-order valence-electron chi connectivity index (χ3n) is 2.30. The first-order chi connectivity index (χ1) is 8.69. The molecule has 18 heavy (non-hydrogen) atoms. The van der Waals surface area contributed by atoms with E-state index in [0.29, 0.717) is 36.7 Å². The Labute approximate surface area is 106 Å². The van der Waals surface area contributed by atoms with Crippen molar-refractivity contribution in [2.75, 3.05) is 20.8 Å². The lowest BCUT2D eigenvalue weighted by atomic mass is 10.3. The molecule has 0 heterocycles. The molecule has 3 N–H and O–H groups in total. The van der Waals surface area contributed by atoms with Crippen LogP contribution in [-0.4, -0.2) is 26.7 Å². The van der Waals surface area contributed by atoms with E-state index in [4.69, 9.17) is 20.1 Å². The number of rotatable bonds is 7. The highest BCUT2D eigenvalue weighted by Gasteiger charge is 2.03. The highest BCUT2D eigenvalue weighted by molar-refractivity contribution is 5.75. The molecule has 0 saturated heterocycles. The minimum Gasteiger partial charge on any atom is -0.496 e. The lowest BCUT2D eigenvalue weighted by molar-refractivity contribution is -0.121. The fourth-order valence-electron chi connectivity index (χ4n) is 1.36. The molecule has 0 bridgehead atoms. The molecule has 0 aliphatic rings. The van der Waals surface area contributed by atoms with Gasteiger partial charge in [0, 0.05) is 24.6 Å². The van der Waals surface area contributed by atoms with Crippen LogP contribution < -0.4 is 25.5 Å². The van der Waals surface area contributed by atoms with Gasteiger partial charge in [-0.3, -0.25) is 10.2 Å². The predicted molar refractivity (Wildman–Crippen MR) is 66.6 cm³/mol. The first kappa shape index (κ1) is 14.1. The Balaban J connectivity index is 2.48. The fraction of sp³-hybridized carbons (Fsp3) is 0.417. The molecule has 1 amide bonds. The summed E-state index contributed by atoms with van der Waals surface area (Å²) < 4.78 is 15.7. The van der Waals surface area contributed by atoms with Crippen molar-refractivity contribution < 1.29 is 19.0 Å².